The molecule has 1 aliphatic carbocycles. The smallest absolute Gasteiger partial charge is 0.379 e. The topological polar surface area (TPSA) is 55.4 Å². The molecule has 0 aromatic rings. The predicted octanol–water partition coefficient (Wildman–Crippen LogP) is 2.43. The van der Waals surface area contributed by atoms with E-state index in [1.54, 1.807) is 0 Å². The van der Waals surface area contributed by atoms with Crippen molar-refractivity contribution < 1.29 is 25.8 Å². The van der Waals surface area contributed by atoms with Gasteiger partial charge in [-0.05, 0) is 31.9 Å². The summed E-state index contributed by atoms with van der Waals surface area (Å²) in [4.78, 5) is 0. The molecule has 0 aromatic carbocycles. The van der Waals surface area contributed by atoms with E-state index in [0.29, 0.717) is 25.8 Å². The summed E-state index contributed by atoms with van der Waals surface area (Å²) in [6, 6.07) is 0. The maximum Gasteiger partial charge on any atom is 0.534 e. The minimum absolute atomic E-state index is 0.0872. The first kappa shape index (κ1) is 14.6. The first-order valence-corrected chi connectivity index (χ1v) is 7.64. The summed E-state index contributed by atoms with van der Waals surface area (Å²) >= 11 is 0. The summed E-state index contributed by atoms with van der Waals surface area (Å²) in [5, 5.41) is 3.13. The Morgan fingerprint density at radius 1 is 1.21 bits per heavy atom. The van der Waals surface area contributed by atoms with Crippen LogP contribution in [-0.4, -0.2) is 26.0 Å². The van der Waals surface area contributed by atoms with Crippen molar-refractivity contribution in [3.8, 4) is 0 Å². The van der Waals surface area contributed by atoms with Crippen molar-refractivity contribution in [2.75, 3.05) is 6.54 Å². The van der Waals surface area contributed by atoms with Gasteiger partial charge in [-0.25, -0.2) is 0 Å². The normalized spacial score (nSPS) is 24.1. The van der Waals surface area contributed by atoms with E-state index in [2.05, 4.69) is 9.50 Å². The number of rotatable bonds is 2. The Balaban J connectivity index is 2.24. The highest BCUT2D eigenvalue weighted by Gasteiger charge is 2.51. The van der Waals surface area contributed by atoms with Crippen molar-refractivity contribution in [3.05, 3.63) is 11.8 Å². The maximum absolute atomic E-state index is 12.4. The monoisotopic (exact) mass is 299 g/mol. The van der Waals surface area contributed by atoms with Gasteiger partial charge in [0.05, 0.1) is 5.54 Å². The average Bonchev–Trinajstić information content (AvgIpc) is 2.32. The predicted molar refractivity (Wildman–Crippen MR) is 62.6 cm³/mol. The SMILES string of the molecule is O=S(=O)(OC1=CCCNC12CCCCC2)C(F)(F)F. The van der Waals surface area contributed by atoms with Crippen LogP contribution in [0.15, 0.2) is 11.8 Å². The van der Waals surface area contributed by atoms with Gasteiger partial charge < -0.3 is 9.50 Å². The van der Waals surface area contributed by atoms with Crippen molar-refractivity contribution >= 4 is 10.1 Å². The highest BCUT2D eigenvalue weighted by molar-refractivity contribution is 7.87. The van der Waals surface area contributed by atoms with Crippen LogP contribution in [0.1, 0.15) is 38.5 Å². The zero-order chi connectivity index (χ0) is 14.1. The van der Waals surface area contributed by atoms with Crippen LogP contribution in [0.3, 0.4) is 0 Å². The molecular formula is C11H16F3NO3S. The van der Waals surface area contributed by atoms with Crippen LogP contribution in [0.4, 0.5) is 13.2 Å². The molecular weight excluding hydrogens is 283 g/mol. The van der Waals surface area contributed by atoms with Crippen LogP contribution >= 0.6 is 0 Å². The molecule has 0 bridgehead atoms. The van der Waals surface area contributed by atoms with Gasteiger partial charge in [-0.2, -0.15) is 21.6 Å². The standard InChI is InChI=1S/C11H16F3NO3S/c12-11(13,14)19(16,17)18-9-5-4-8-15-10(9)6-2-1-3-7-10/h5,15H,1-4,6-8H2. The highest BCUT2D eigenvalue weighted by atomic mass is 32.2. The quantitative estimate of drug-likeness (QED) is 0.628. The van der Waals surface area contributed by atoms with Crippen LogP contribution in [-0.2, 0) is 14.3 Å². The van der Waals surface area contributed by atoms with Crippen LogP contribution in [0.2, 0.25) is 0 Å². The second-order valence-corrected chi connectivity index (χ2v) is 6.45. The third-order valence-electron chi connectivity index (χ3n) is 3.60. The molecule has 1 N–H and O–H groups in total. The third kappa shape index (κ3) is 2.89. The molecule has 0 radical (unpaired) electrons. The number of hydrogen-bond acceptors (Lipinski definition) is 4. The number of nitrogens with one attached hydrogen (secondary N) is 1. The minimum atomic E-state index is -5.58. The Bertz CT molecular complexity index is 464. The summed E-state index contributed by atoms with van der Waals surface area (Å²) in [5.74, 6) is -0.0872. The molecule has 110 valence electrons. The van der Waals surface area contributed by atoms with E-state index in [1.165, 1.54) is 6.08 Å². The van der Waals surface area contributed by atoms with E-state index in [1.807, 2.05) is 0 Å². The van der Waals surface area contributed by atoms with Gasteiger partial charge in [-0.3, -0.25) is 0 Å². The number of hydrogen-bond donors (Lipinski definition) is 1. The summed E-state index contributed by atoms with van der Waals surface area (Å²) in [7, 11) is -5.58. The Morgan fingerprint density at radius 3 is 2.42 bits per heavy atom. The molecule has 8 heteroatoms. The lowest BCUT2D eigenvalue weighted by atomic mass is 9.78. The van der Waals surface area contributed by atoms with Crippen molar-refractivity contribution in [1.82, 2.24) is 5.32 Å². The van der Waals surface area contributed by atoms with Gasteiger partial charge in [0, 0.05) is 0 Å². The molecule has 4 nitrogen and oxygen atoms in total. The van der Waals surface area contributed by atoms with Crippen LogP contribution < -0.4 is 5.32 Å². The van der Waals surface area contributed by atoms with E-state index >= 15 is 0 Å². The first-order chi connectivity index (χ1) is 8.77. The third-order valence-corrected chi connectivity index (χ3v) is 4.57. The molecule has 0 aromatic heterocycles. The van der Waals surface area contributed by atoms with Crippen molar-refractivity contribution in [2.24, 2.45) is 0 Å². The second kappa shape index (κ2) is 4.97. The fourth-order valence-electron chi connectivity index (χ4n) is 2.65. The molecule has 1 aliphatic heterocycles. The number of alkyl halides is 3. The van der Waals surface area contributed by atoms with Gasteiger partial charge >= 0.3 is 15.6 Å². The Labute approximate surface area is 110 Å². The molecule has 0 amide bonds. The second-order valence-electron chi connectivity index (χ2n) is 4.91. The van der Waals surface area contributed by atoms with Crippen LogP contribution in [0, 0.1) is 0 Å². The van der Waals surface area contributed by atoms with Gasteiger partial charge in [0.25, 0.3) is 0 Å². The first-order valence-electron chi connectivity index (χ1n) is 6.23. The van der Waals surface area contributed by atoms with E-state index < -0.39 is 21.2 Å². The zero-order valence-corrected chi connectivity index (χ0v) is 11.1. The van der Waals surface area contributed by atoms with Gasteiger partial charge in [0.15, 0.2) is 0 Å². The summed E-state index contributed by atoms with van der Waals surface area (Å²) in [6.45, 7) is 0.624. The maximum atomic E-state index is 12.4. The summed E-state index contributed by atoms with van der Waals surface area (Å²) in [5.41, 5.74) is -6.13. The average molecular weight is 299 g/mol. The molecule has 1 spiro atoms. The lowest BCUT2D eigenvalue weighted by Crippen LogP contribution is -2.52. The summed E-state index contributed by atoms with van der Waals surface area (Å²) < 4.78 is 63.8. The Kier molecular flexibility index (Phi) is 3.83. The van der Waals surface area contributed by atoms with E-state index in [9.17, 15) is 21.6 Å². The van der Waals surface area contributed by atoms with Crippen molar-refractivity contribution in [1.29, 1.82) is 0 Å². The molecule has 0 unspecified atom stereocenters. The van der Waals surface area contributed by atoms with Crippen LogP contribution in [0.5, 0.6) is 0 Å². The van der Waals surface area contributed by atoms with E-state index in [4.69, 9.17) is 0 Å². The Morgan fingerprint density at radius 2 is 1.84 bits per heavy atom. The largest absolute Gasteiger partial charge is 0.534 e. The van der Waals surface area contributed by atoms with Gasteiger partial charge in [0.1, 0.15) is 5.76 Å². The molecule has 1 heterocycles. The molecule has 19 heavy (non-hydrogen) atoms. The molecule has 1 fully saturated rings. The zero-order valence-electron chi connectivity index (χ0n) is 10.3. The van der Waals surface area contributed by atoms with Gasteiger partial charge in [0.2, 0.25) is 0 Å². The molecule has 0 saturated heterocycles. The molecule has 2 aliphatic rings. The minimum Gasteiger partial charge on any atom is -0.379 e. The molecule has 2 rings (SSSR count). The highest BCUT2D eigenvalue weighted by Crippen LogP contribution is 2.39. The fourth-order valence-corrected chi connectivity index (χ4v) is 3.21. The van der Waals surface area contributed by atoms with Gasteiger partial charge in [-0.1, -0.05) is 19.3 Å². The molecule has 1 saturated carbocycles. The van der Waals surface area contributed by atoms with Crippen molar-refractivity contribution in [3.63, 3.8) is 0 Å². The lowest BCUT2D eigenvalue weighted by molar-refractivity contribution is -0.0533. The summed E-state index contributed by atoms with van der Waals surface area (Å²) in [6.07, 6.45) is 5.83. The van der Waals surface area contributed by atoms with Gasteiger partial charge in [-0.15, -0.1) is 0 Å². The lowest BCUT2D eigenvalue weighted by Gasteiger charge is -2.41. The van der Waals surface area contributed by atoms with Crippen LogP contribution in [0.25, 0.3) is 0 Å². The number of halogens is 3. The molecule has 0 atom stereocenters. The Hall–Kier alpha value is -0.760. The van der Waals surface area contributed by atoms with Crippen molar-refractivity contribution in [2.45, 2.75) is 49.6 Å². The van der Waals surface area contributed by atoms with E-state index in [-0.39, 0.29) is 5.76 Å². The fraction of sp³-hybridized carbons (Fsp3) is 0.818. The van der Waals surface area contributed by atoms with E-state index in [0.717, 1.165) is 19.3 Å².